The summed E-state index contributed by atoms with van der Waals surface area (Å²) in [5, 5.41) is 0. The summed E-state index contributed by atoms with van der Waals surface area (Å²) in [6, 6.07) is 19.8. The first-order chi connectivity index (χ1) is 17.1. The number of hydrogen-bond acceptors (Lipinski definition) is 6. The fourth-order valence-electron chi connectivity index (χ4n) is 3.39. The molecule has 0 heterocycles. The quantitative estimate of drug-likeness (QED) is 0.152. The van der Waals surface area contributed by atoms with Crippen LogP contribution in [0, 0.1) is 0 Å². The number of carbonyl (C=O) groups excluding carboxylic acids is 2. The molecule has 3 aromatic rings. The molecule has 0 unspecified atom stereocenters. The zero-order valence-corrected chi connectivity index (χ0v) is 20.3. The first kappa shape index (κ1) is 25.8. The topological polar surface area (TPSA) is 71.1 Å². The van der Waals surface area contributed by atoms with Crippen molar-refractivity contribution in [2.24, 2.45) is 0 Å². The van der Waals surface area contributed by atoms with E-state index in [0.29, 0.717) is 35.0 Å². The molecule has 0 amide bonds. The Hall–Kier alpha value is -3.80. The highest BCUT2D eigenvalue weighted by Gasteiger charge is 2.12. The first-order valence-corrected chi connectivity index (χ1v) is 12.0. The molecule has 0 aliphatic carbocycles. The Morgan fingerprint density at radius 2 is 1.00 bits per heavy atom. The number of unbranched alkanes of at least 4 members (excludes halogenated alkanes) is 5. The zero-order valence-electron chi connectivity index (χ0n) is 20.3. The molecule has 0 saturated heterocycles. The van der Waals surface area contributed by atoms with Crippen molar-refractivity contribution in [3.05, 3.63) is 83.9 Å². The Labute approximate surface area is 206 Å². The Bertz CT molecular complexity index is 1060. The second kappa shape index (κ2) is 13.8. The molecule has 0 aliphatic heterocycles. The van der Waals surface area contributed by atoms with Gasteiger partial charge in [-0.1, -0.05) is 39.0 Å². The van der Waals surface area contributed by atoms with E-state index in [1.807, 2.05) is 0 Å². The van der Waals surface area contributed by atoms with Crippen LogP contribution in [-0.4, -0.2) is 25.7 Å². The van der Waals surface area contributed by atoms with Gasteiger partial charge in [-0.2, -0.15) is 0 Å². The second-order valence-corrected chi connectivity index (χ2v) is 8.12. The molecular formula is C29H32O6. The van der Waals surface area contributed by atoms with Crippen molar-refractivity contribution in [2.75, 3.05) is 13.7 Å². The molecule has 0 radical (unpaired) electrons. The number of methoxy groups -OCH3 is 1. The fraction of sp³-hybridized carbons (Fsp3) is 0.310. The Morgan fingerprint density at radius 3 is 1.51 bits per heavy atom. The molecule has 0 fully saturated rings. The van der Waals surface area contributed by atoms with Gasteiger partial charge in [-0.05, 0) is 79.2 Å². The minimum Gasteiger partial charge on any atom is -0.497 e. The van der Waals surface area contributed by atoms with Gasteiger partial charge in [0.15, 0.2) is 0 Å². The maximum Gasteiger partial charge on any atom is 0.343 e. The van der Waals surface area contributed by atoms with E-state index in [1.165, 1.54) is 32.1 Å². The lowest BCUT2D eigenvalue weighted by molar-refractivity contribution is 0.0730. The van der Waals surface area contributed by atoms with Crippen molar-refractivity contribution in [3.8, 4) is 23.0 Å². The minimum absolute atomic E-state index is 0.328. The van der Waals surface area contributed by atoms with Gasteiger partial charge < -0.3 is 18.9 Å². The van der Waals surface area contributed by atoms with E-state index in [2.05, 4.69) is 6.92 Å². The second-order valence-electron chi connectivity index (χ2n) is 8.12. The van der Waals surface area contributed by atoms with Crippen molar-refractivity contribution >= 4 is 11.9 Å². The monoisotopic (exact) mass is 476 g/mol. The van der Waals surface area contributed by atoms with Crippen LogP contribution in [0.1, 0.15) is 66.2 Å². The largest absolute Gasteiger partial charge is 0.497 e. The smallest absolute Gasteiger partial charge is 0.343 e. The van der Waals surface area contributed by atoms with Crippen LogP contribution in [0.3, 0.4) is 0 Å². The molecule has 0 bridgehead atoms. The average molecular weight is 477 g/mol. The highest BCUT2D eigenvalue weighted by molar-refractivity contribution is 5.92. The van der Waals surface area contributed by atoms with E-state index in [1.54, 1.807) is 79.9 Å². The van der Waals surface area contributed by atoms with E-state index >= 15 is 0 Å². The number of ether oxygens (including phenoxy) is 4. The van der Waals surface area contributed by atoms with Crippen molar-refractivity contribution < 1.29 is 28.5 Å². The summed E-state index contributed by atoms with van der Waals surface area (Å²) in [6.45, 7) is 2.89. The summed E-state index contributed by atoms with van der Waals surface area (Å²) in [6.07, 6.45) is 7.29. The number of hydrogen-bond donors (Lipinski definition) is 0. The van der Waals surface area contributed by atoms with Gasteiger partial charge in [0.05, 0.1) is 24.8 Å². The van der Waals surface area contributed by atoms with Crippen LogP contribution >= 0.6 is 0 Å². The summed E-state index contributed by atoms with van der Waals surface area (Å²) in [4.78, 5) is 24.7. The number of esters is 2. The van der Waals surface area contributed by atoms with Gasteiger partial charge >= 0.3 is 11.9 Å². The highest BCUT2D eigenvalue weighted by atomic mass is 16.5. The van der Waals surface area contributed by atoms with Crippen molar-refractivity contribution in [2.45, 2.75) is 45.4 Å². The van der Waals surface area contributed by atoms with E-state index in [-0.39, 0.29) is 0 Å². The maximum absolute atomic E-state index is 12.5. The van der Waals surface area contributed by atoms with Gasteiger partial charge in [0, 0.05) is 0 Å². The van der Waals surface area contributed by atoms with Gasteiger partial charge in [-0.25, -0.2) is 9.59 Å². The third kappa shape index (κ3) is 8.49. The summed E-state index contributed by atoms with van der Waals surface area (Å²) in [7, 11) is 1.56. The third-order valence-electron chi connectivity index (χ3n) is 5.43. The summed E-state index contributed by atoms with van der Waals surface area (Å²) in [5.74, 6) is 1.16. The van der Waals surface area contributed by atoms with Crippen molar-refractivity contribution in [1.82, 2.24) is 0 Å². The molecule has 0 spiro atoms. The van der Waals surface area contributed by atoms with Gasteiger partial charge in [0.1, 0.15) is 23.0 Å². The molecule has 3 rings (SSSR count). The van der Waals surface area contributed by atoms with Gasteiger partial charge in [0.25, 0.3) is 0 Å². The third-order valence-corrected chi connectivity index (χ3v) is 5.43. The molecule has 0 aromatic heterocycles. The van der Waals surface area contributed by atoms with Crippen LogP contribution in [0.4, 0.5) is 0 Å². The molecule has 0 aliphatic rings. The van der Waals surface area contributed by atoms with Crippen LogP contribution < -0.4 is 18.9 Å². The van der Waals surface area contributed by atoms with Crippen LogP contribution in [-0.2, 0) is 0 Å². The molecule has 0 atom stereocenters. The fourth-order valence-corrected chi connectivity index (χ4v) is 3.39. The van der Waals surface area contributed by atoms with E-state index in [9.17, 15) is 9.59 Å². The lowest BCUT2D eigenvalue weighted by Crippen LogP contribution is -2.10. The van der Waals surface area contributed by atoms with E-state index < -0.39 is 11.9 Å². The van der Waals surface area contributed by atoms with E-state index in [0.717, 1.165) is 12.2 Å². The number of rotatable bonds is 13. The molecule has 0 N–H and O–H groups in total. The summed E-state index contributed by atoms with van der Waals surface area (Å²) in [5.41, 5.74) is 0.742. The normalized spacial score (nSPS) is 10.5. The van der Waals surface area contributed by atoms with Gasteiger partial charge in [-0.3, -0.25) is 0 Å². The SMILES string of the molecule is CCCCCCCCOc1ccc(OC(=O)c2ccc(OC(=O)c3ccc(OC)cc3)cc2)cc1. The molecule has 184 valence electrons. The van der Waals surface area contributed by atoms with Gasteiger partial charge in [-0.15, -0.1) is 0 Å². The first-order valence-electron chi connectivity index (χ1n) is 12.0. The zero-order chi connectivity index (χ0) is 24.9. The predicted octanol–water partition coefficient (Wildman–Crippen LogP) is 6.87. The Kier molecular flexibility index (Phi) is 10.2. The lowest BCUT2D eigenvalue weighted by atomic mass is 10.1. The molecule has 6 nitrogen and oxygen atoms in total. The van der Waals surface area contributed by atoms with Crippen LogP contribution in [0.5, 0.6) is 23.0 Å². The predicted molar refractivity (Wildman–Crippen MR) is 135 cm³/mol. The molecule has 6 heteroatoms. The molecule has 35 heavy (non-hydrogen) atoms. The summed E-state index contributed by atoms with van der Waals surface area (Å²) < 4.78 is 21.6. The Morgan fingerprint density at radius 1 is 0.571 bits per heavy atom. The average Bonchev–Trinajstić information content (AvgIpc) is 2.89. The van der Waals surface area contributed by atoms with Crippen molar-refractivity contribution in [3.63, 3.8) is 0 Å². The Balaban J connectivity index is 1.44. The standard InChI is InChI=1S/C29H32O6/c1-3-4-5-6-7-8-21-33-25-17-19-27(20-18-25)35-29(31)23-11-15-26(16-12-23)34-28(30)22-9-13-24(32-2)14-10-22/h9-20H,3-8,21H2,1-2H3. The number of benzene rings is 3. The molecule has 3 aromatic carbocycles. The highest BCUT2D eigenvalue weighted by Crippen LogP contribution is 2.21. The van der Waals surface area contributed by atoms with Gasteiger partial charge in [0.2, 0.25) is 0 Å². The van der Waals surface area contributed by atoms with E-state index in [4.69, 9.17) is 18.9 Å². The van der Waals surface area contributed by atoms with Crippen LogP contribution in [0.2, 0.25) is 0 Å². The van der Waals surface area contributed by atoms with Crippen LogP contribution in [0.25, 0.3) is 0 Å². The van der Waals surface area contributed by atoms with Crippen molar-refractivity contribution in [1.29, 1.82) is 0 Å². The maximum atomic E-state index is 12.5. The van der Waals surface area contributed by atoms with Crippen LogP contribution in [0.15, 0.2) is 72.8 Å². The molecule has 0 saturated carbocycles. The number of carbonyl (C=O) groups is 2. The summed E-state index contributed by atoms with van der Waals surface area (Å²) >= 11 is 0. The minimum atomic E-state index is -0.501. The lowest BCUT2D eigenvalue weighted by Gasteiger charge is -2.09. The molecular weight excluding hydrogens is 444 g/mol.